The number of likely N-dealkylation sites (tertiary alicyclic amines) is 1. The topological polar surface area (TPSA) is 62.3 Å². The second-order valence-corrected chi connectivity index (χ2v) is 6.15. The molecule has 5 nitrogen and oxygen atoms in total. The molecule has 2 amide bonds. The summed E-state index contributed by atoms with van der Waals surface area (Å²) in [5, 5.41) is 5.28. The summed E-state index contributed by atoms with van der Waals surface area (Å²) < 4.78 is 0. The largest absolute Gasteiger partial charge is 0.342 e. The van der Waals surface area contributed by atoms with E-state index in [4.69, 9.17) is 0 Å². The Balaban J connectivity index is 1.93. The zero-order chi connectivity index (χ0) is 14.5. The fraction of sp³-hybridized carbons (Fsp3) is 0.643. The number of amides is 2. The van der Waals surface area contributed by atoms with E-state index in [9.17, 15) is 9.59 Å². The van der Waals surface area contributed by atoms with Gasteiger partial charge in [-0.25, -0.2) is 4.98 Å². The van der Waals surface area contributed by atoms with Crippen LogP contribution < -0.4 is 5.32 Å². The summed E-state index contributed by atoms with van der Waals surface area (Å²) in [7, 11) is 0. The molecule has 1 N–H and O–H groups in total. The Labute approximate surface area is 123 Å². The van der Waals surface area contributed by atoms with Crippen molar-refractivity contribution < 1.29 is 9.59 Å². The molecule has 1 aromatic rings. The van der Waals surface area contributed by atoms with Gasteiger partial charge in [0.25, 0.3) is 0 Å². The molecule has 1 aromatic heterocycles. The maximum absolute atomic E-state index is 12.2. The van der Waals surface area contributed by atoms with Crippen LogP contribution in [0.4, 0.5) is 5.13 Å². The smallest absolute Gasteiger partial charge is 0.231 e. The highest BCUT2D eigenvalue weighted by Gasteiger charge is 2.30. The molecule has 1 aliphatic rings. The minimum atomic E-state index is -0.124. The molecule has 0 radical (unpaired) electrons. The third-order valence-electron chi connectivity index (χ3n) is 3.80. The van der Waals surface area contributed by atoms with Crippen LogP contribution in [0.2, 0.25) is 0 Å². The number of hydrogen-bond donors (Lipinski definition) is 1. The Hall–Kier alpha value is -1.43. The average Bonchev–Trinajstić information content (AvgIpc) is 2.98. The molecule has 0 saturated carbocycles. The molecule has 1 saturated heterocycles. The van der Waals surface area contributed by atoms with E-state index in [1.165, 1.54) is 11.3 Å². The number of rotatable bonds is 4. The molecule has 0 aliphatic carbocycles. The molecule has 2 rings (SSSR count). The molecule has 0 bridgehead atoms. The van der Waals surface area contributed by atoms with Crippen LogP contribution in [0.1, 0.15) is 33.1 Å². The molecule has 2 heterocycles. The normalized spacial score (nSPS) is 20.5. The zero-order valence-corrected chi connectivity index (χ0v) is 12.8. The predicted octanol–water partition coefficient (Wildman–Crippen LogP) is 2.37. The molecule has 0 unspecified atom stereocenters. The molecule has 2 atom stereocenters. The first-order chi connectivity index (χ1) is 9.61. The van der Waals surface area contributed by atoms with E-state index in [1.54, 1.807) is 6.20 Å². The zero-order valence-electron chi connectivity index (χ0n) is 12.0. The fourth-order valence-electron chi connectivity index (χ4n) is 2.37. The number of aromatic nitrogens is 1. The Morgan fingerprint density at radius 3 is 3.05 bits per heavy atom. The second-order valence-electron chi connectivity index (χ2n) is 5.26. The summed E-state index contributed by atoms with van der Waals surface area (Å²) in [6.45, 7) is 5.26. The Kier molecular flexibility index (Phi) is 5.11. The van der Waals surface area contributed by atoms with Crippen LogP contribution in [0.25, 0.3) is 0 Å². The van der Waals surface area contributed by atoms with Gasteiger partial charge in [0, 0.05) is 30.6 Å². The van der Waals surface area contributed by atoms with E-state index in [0.29, 0.717) is 11.7 Å². The maximum Gasteiger partial charge on any atom is 0.231 e. The summed E-state index contributed by atoms with van der Waals surface area (Å²) >= 11 is 1.41. The predicted molar refractivity (Wildman–Crippen MR) is 79.5 cm³/mol. The first-order valence-corrected chi connectivity index (χ1v) is 7.99. The number of anilines is 1. The van der Waals surface area contributed by atoms with E-state index in [2.05, 4.69) is 10.3 Å². The third-order valence-corrected chi connectivity index (χ3v) is 4.49. The first kappa shape index (κ1) is 15.0. The minimum absolute atomic E-state index is 0.0263. The highest BCUT2D eigenvalue weighted by Crippen LogP contribution is 2.21. The van der Waals surface area contributed by atoms with Crippen molar-refractivity contribution in [2.45, 2.75) is 33.1 Å². The third kappa shape index (κ3) is 3.56. The van der Waals surface area contributed by atoms with Gasteiger partial charge in [0.05, 0.1) is 5.92 Å². The van der Waals surface area contributed by atoms with Gasteiger partial charge in [-0.3, -0.25) is 9.59 Å². The van der Waals surface area contributed by atoms with Gasteiger partial charge in [-0.2, -0.15) is 0 Å². The van der Waals surface area contributed by atoms with Gasteiger partial charge >= 0.3 is 0 Å². The summed E-state index contributed by atoms with van der Waals surface area (Å²) in [6, 6.07) is 0. The summed E-state index contributed by atoms with van der Waals surface area (Å²) in [4.78, 5) is 30.3. The van der Waals surface area contributed by atoms with Crippen LogP contribution in [0.3, 0.4) is 0 Å². The van der Waals surface area contributed by atoms with Crippen LogP contribution in [0.5, 0.6) is 0 Å². The minimum Gasteiger partial charge on any atom is -0.342 e. The van der Waals surface area contributed by atoms with E-state index in [-0.39, 0.29) is 23.7 Å². The lowest BCUT2D eigenvalue weighted by Gasteiger charge is -2.33. The SMILES string of the molecule is CC[C@@H](C)C(=O)N1CCC[C@H](C(=O)Nc2nccs2)C1. The number of piperidine rings is 1. The quantitative estimate of drug-likeness (QED) is 0.927. The maximum atomic E-state index is 12.2. The highest BCUT2D eigenvalue weighted by molar-refractivity contribution is 7.13. The number of thiazole rings is 1. The average molecular weight is 295 g/mol. The van der Waals surface area contributed by atoms with Gasteiger partial charge in [-0.05, 0) is 19.3 Å². The summed E-state index contributed by atoms with van der Waals surface area (Å²) in [5.74, 6) is 0.0530. The number of hydrogen-bond acceptors (Lipinski definition) is 4. The molecule has 6 heteroatoms. The van der Waals surface area contributed by atoms with Crippen LogP contribution in [-0.2, 0) is 9.59 Å². The van der Waals surface area contributed by atoms with Crippen molar-refractivity contribution in [1.29, 1.82) is 0 Å². The molecule has 0 aromatic carbocycles. The summed E-state index contributed by atoms with van der Waals surface area (Å²) in [5.41, 5.74) is 0. The van der Waals surface area contributed by atoms with E-state index < -0.39 is 0 Å². The molecule has 20 heavy (non-hydrogen) atoms. The number of nitrogens with zero attached hydrogens (tertiary/aromatic N) is 2. The lowest BCUT2D eigenvalue weighted by Crippen LogP contribution is -2.45. The highest BCUT2D eigenvalue weighted by atomic mass is 32.1. The van der Waals surface area contributed by atoms with E-state index in [1.807, 2.05) is 24.1 Å². The molecular weight excluding hydrogens is 274 g/mol. The van der Waals surface area contributed by atoms with Gasteiger partial charge in [0.1, 0.15) is 0 Å². The van der Waals surface area contributed by atoms with Crippen molar-refractivity contribution in [3.63, 3.8) is 0 Å². The van der Waals surface area contributed by atoms with Crippen LogP contribution in [-0.4, -0.2) is 34.8 Å². The van der Waals surface area contributed by atoms with Gasteiger partial charge in [0.15, 0.2) is 5.13 Å². The van der Waals surface area contributed by atoms with Crippen LogP contribution >= 0.6 is 11.3 Å². The summed E-state index contributed by atoms with van der Waals surface area (Å²) in [6.07, 6.45) is 4.23. The van der Waals surface area contributed by atoms with Gasteiger partial charge in [0.2, 0.25) is 11.8 Å². The van der Waals surface area contributed by atoms with Crippen molar-refractivity contribution in [3.8, 4) is 0 Å². The van der Waals surface area contributed by atoms with Crippen molar-refractivity contribution in [2.24, 2.45) is 11.8 Å². The Bertz CT molecular complexity index is 461. The van der Waals surface area contributed by atoms with Crippen LogP contribution in [0.15, 0.2) is 11.6 Å². The Morgan fingerprint density at radius 1 is 1.60 bits per heavy atom. The molecule has 1 aliphatic heterocycles. The lowest BCUT2D eigenvalue weighted by molar-refractivity contribution is -0.138. The molecule has 0 spiro atoms. The Morgan fingerprint density at radius 2 is 2.40 bits per heavy atom. The van der Waals surface area contributed by atoms with Crippen molar-refractivity contribution in [2.75, 3.05) is 18.4 Å². The fourth-order valence-corrected chi connectivity index (χ4v) is 2.90. The molecule has 110 valence electrons. The van der Waals surface area contributed by atoms with Crippen LogP contribution in [0, 0.1) is 11.8 Å². The van der Waals surface area contributed by atoms with Gasteiger partial charge in [-0.1, -0.05) is 13.8 Å². The molecular formula is C14H21N3O2S. The molecule has 1 fully saturated rings. The van der Waals surface area contributed by atoms with Crippen molar-refractivity contribution in [1.82, 2.24) is 9.88 Å². The van der Waals surface area contributed by atoms with E-state index >= 15 is 0 Å². The van der Waals surface area contributed by atoms with Gasteiger partial charge < -0.3 is 10.2 Å². The van der Waals surface area contributed by atoms with E-state index in [0.717, 1.165) is 25.8 Å². The number of nitrogens with one attached hydrogen (secondary N) is 1. The first-order valence-electron chi connectivity index (χ1n) is 7.11. The lowest BCUT2D eigenvalue weighted by atomic mass is 9.95. The van der Waals surface area contributed by atoms with Gasteiger partial charge in [-0.15, -0.1) is 11.3 Å². The number of carbonyl (C=O) groups is 2. The monoisotopic (exact) mass is 295 g/mol. The van der Waals surface area contributed by atoms with Crippen molar-refractivity contribution >= 4 is 28.3 Å². The standard InChI is InChI=1S/C14H21N3O2S/c1-3-10(2)13(19)17-7-4-5-11(9-17)12(18)16-14-15-6-8-20-14/h6,8,10-11H,3-5,7,9H2,1-2H3,(H,15,16,18)/t10-,11+/m1/s1. The number of carbonyl (C=O) groups excluding carboxylic acids is 2. The second kappa shape index (κ2) is 6.83. The van der Waals surface area contributed by atoms with Crippen molar-refractivity contribution in [3.05, 3.63) is 11.6 Å².